The Hall–Kier alpha value is -1.47. The first kappa shape index (κ1) is 17.4. The molecule has 0 aromatic carbocycles. The Balaban J connectivity index is 1.55. The van der Waals surface area contributed by atoms with Crippen LogP contribution in [-0.2, 0) is 9.53 Å². The predicted molar refractivity (Wildman–Crippen MR) is 86.3 cm³/mol. The molecule has 1 aliphatic heterocycles. The van der Waals surface area contributed by atoms with Crippen molar-refractivity contribution in [2.75, 3.05) is 19.8 Å². The van der Waals surface area contributed by atoms with E-state index in [4.69, 9.17) is 9.26 Å². The molecule has 1 aromatic rings. The fourth-order valence-electron chi connectivity index (χ4n) is 3.92. The van der Waals surface area contributed by atoms with Crippen molar-refractivity contribution in [3.8, 4) is 0 Å². The van der Waals surface area contributed by atoms with Gasteiger partial charge in [-0.15, -0.1) is 0 Å². The second-order valence-electron chi connectivity index (χ2n) is 7.13. The fourth-order valence-corrected chi connectivity index (χ4v) is 3.92. The SMILES string of the molecule is CCC1(C(=O)NC[C@H]2C[C@H](c3nc(C)no3)C[C@H]2O)CCOCC1. The number of aliphatic hydroxyl groups is 1. The van der Waals surface area contributed by atoms with E-state index < -0.39 is 6.10 Å². The zero-order valence-corrected chi connectivity index (χ0v) is 14.5. The number of nitrogens with one attached hydrogen (secondary N) is 1. The van der Waals surface area contributed by atoms with Crippen LogP contribution in [0.15, 0.2) is 4.52 Å². The molecule has 7 nitrogen and oxygen atoms in total. The van der Waals surface area contributed by atoms with Crippen molar-refractivity contribution >= 4 is 5.91 Å². The second-order valence-corrected chi connectivity index (χ2v) is 7.13. The zero-order chi connectivity index (χ0) is 17.2. The number of aromatic nitrogens is 2. The number of hydrogen-bond donors (Lipinski definition) is 2. The van der Waals surface area contributed by atoms with Crippen molar-refractivity contribution in [3.05, 3.63) is 11.7 Å². The highest BCUT2D eigenvalue weighted by atomic mass is 16.5. The zero-order valence-electron chi connectivity index (χ0n) is 14.5. The highest BCUT2D eigenvalue weighted by Gasteiger charge is 2.40. The van der Waals surface area contributed by atoms with Crippen LogP contribution in [0.4, 0.5) is 0 Å². The summed E-state index contributed by atoms with van der Waals surface area (Å²) in [6.07, 6.45) is 3.27. The number of ether oxygens (including phenoxy) is 1. The Kier molecular flexibility index (Phi) is 5.20. The highest BCUT2D eigenvalue weighted by molar-refractivity contribution is 5.82. The quantitative estimate of drug-likeness (QED) is 0.846. The topological polar surface area (TPSA) is 97.5 Å². The number of rotatable bonds is 5. The van der Waals surface area contributed by atoms with E-state index in [1.807, 2.05) is 0 Å². The van der Waals surface area contributed by atoms with Gasteiger partial charge in [0.25, 0.3) is 0 Å². The first-order valence-corrected chi connectivity index (χ1v) is 8.88. The normalized spacial score (nSPS) is 29.5. The molecule has 7 heteroatoms. The molecule has 1 aliphatic carbocycles. The van der Waals surface area contributed by atoms with Crippen LogP contribution < -0.4 is 5.32 Å². The van der Waals surface area contributed by atoms with E-state index in [-0.39, 0.29) is 23.2 Å². The molecule has 1 aromatic heterocycles. The summed E-state index contributed by atoms with van der Waals surface area (Å²) < 4.78 is 10.6. The Bertz CT molecular complexity index is 568. The maximum absolute atomic E-state index is 12.7. The van der Waals surface area contributed by atoms with Gasteiger partial charge in [-0.25, -0.2) is 0 Å². The van der Waals surface area contributed by atoms with Gasteiger partial charge in [-0.1, -0.05) is 12.1 Å². The van der Waals surface area contributed by atoms with Crippen molar-refractivity contribution in [1.29, 1.82) is 0 Å². The third kappa shape index (κ3) is 3.47. The maximum Gasteiger partial charge on any atom is 0.229 e. The number of carbonyl (C=O) groups is 1. The van der Waals surface area contributed by atoms with Crippen molar-refractivity contribution in [2.24, 2.45) is 11.3 Å². The molecule has 2 aliphatic rings. The lowest BCUT2D eigenvalue weighted by atomic mass is 9.77. The monoisotopic (exact) mass is 337 g/mol. The van der Waals surface area contributed by atoms with E-state index in [1.165, 1.54) is 0 Å². The lowest BCUT2D eigenvalue weighted by molar-refractivity contribution is -0.137. The highest BCUT2D eigenvalue weighted by Crippen LogP contribution is 2.38. The predicted octanol–water partition coefficient (Wildman–Crippen LogP) is 1.56. The van der Waals surface area contributed by atoms with Crippen LogP contribution in [0.3, 0.4) is 0 Å². The number of nitrogens with zero attached hydrogens (tertiary/aromatic N) is 2. The molecular weight excluding hydrogens is 310 g/mol. The van der Waals surface area contributed by atoms with Crippen LogP contribution in [-0.4, -0.2) is 47.0 Å². The third-order valence-corrected chi connectivity index (χ3v) is 5.68. The summed E-state index contributed by atoms with van der Waals surface area (Å²) in [5.74, 6) is 1.40. The maximum atomic E-state index is 12.7. The molecule has 3 atom stereocenters. The summed E-state index contributed by atoms with van der Waals surface area (Å²) in [5, 5.41) is 17.2. The molecule has 2 heterocycles. The molecule has 1 amide bonds. The summed E-state index contributed by atoms with van der Waals surface area (Å²) in [4.78, 5) is 16.9. The van der Waals surface area contributed by atoms with Crippen molar-refractivity contribution in [1.82, 2.24) is 15.5 Å². The largest absolute Gasteiger partial charge is 0.393 e. The molecule has 24 heavy (non-hydrogen) atoms. The summed E-state index contributed by atoms with van der Waals surface area (Å²) in [6.45, 7) is 5.63. The molecule has 134 valence electrons. The van der Waals surface area contributed by atoms with Crippen molar-refractivity contribution in [3.63, 3.8) is 0 Å². The van der Waals surface area contributed by atoms with E-state index in [9.17, 15) is 9.90 Å². The average Bonchev–Trinajstić information content (AvgIpc) is 3.19. The van der Waals surface area contributed by atoms with E-state index in [1.54, 1.807) is 6.92 Å². The fraction of sp³-hybridized carbons (Fsp3) is 0.824. The molecule has 1 saturated heterocycles. The molecule has 2 N–H and O–H groups in total. The van der Waals surface area contributed by atoms with E-state index in [0.717, 1.165) is 25.7 Å². The lowest BCUT2D eigenvalue weighted by Crippen LogP contribution is -2.46. The molecule has 3 rings (SSSR count). The van der Waals surface area contributed by atoms with Gasteiger partial charge in [-0.3, -0.25) is 4.79 Å². The van der Waals surface area contributed by atoms with Gasteiger partial charge in [0.15, 0.2) is 5.82 Å². The number of carbonyl (C=O) groups excluding carboxylic acids is 1. The van der Waals surface area contributed by atoms with Crippen LogP contribution in [0.25, 0.3) is 0 Å². The molecule has 0 spiro atoms. The minimum absolute atomic E-state index is 0.0277. The van der Waals surface area contributed by atoms with Crippen LogP contribution in [0.5, 0.6) is 0 Å². The molecule has 1 saturated carbocycles. The van der Waals surface area contributed by atoms with E-state index >= 15 is 0 Å². The van der Waals surface area contributed by atoms with Crippen LogP contribution in [0, 0.1) is 18.3 Å². The average molecular weight is 337 g/mol. The number of aliphatic hydroxyl groups excluding tert-OH is 1. The molecule has 0 radical (unpaired) electrons. The first-order valence-electron chi connectivity index (χ1n) is 8.88. The molecule has 0 bridgehead atoms. The van der Waals surface area contributed by atoms with Gasteiger partial charge in [-0.05, 0) is 39.0 Å². The number of hydrogen-bond acceptors (Lipinski definition) is 6. The van der Waals surface area contributed by atoms with Crippen LogP contribution in [0.1, 0.15) is 56.7 Å². The van der Waals surface area contributed by atoms with Gasteiger partial charge in [0, 0.05) is 31.6 Å². The third-order valence-electron chi connectivity index (χ3n) is 5.68. The van der Waals surface area contributed by atoms with E-state index in [0.29, 0.717) is 37.9 Å². The van der Waals surface area contributed by atoms with Crippen LogP contribution in [0.2, 0.25) is 0 Å². The van der Waals surface area contributed by atoms with Crippen molar-refractivity contribution < 1.29 is 19.2 Å². The number of amides is 1. The van der Waals surface area contributed by atoms with E-state index in [2.05, 4.69) is 22.4 Å². The minimum atomic E-state index is -0.449. The van der Waals surface area contributed by atoms with Gasteiger partial charge in [-0.2, -0.15) is 4.98 Å². The Labute approximate surface area is 142 Å². The van der Waals surface area contributed by atoms with Gasteiger partial charge < -0.3 is 19.7 Å². The smallest absolute Gasteiger partial charge is 0.229 e. The second kappa shape index (κ2) is 7.19. The molecule has 2 fully saturated rings. The Morgan fingerprint density at radius 2 is 2.12 bits per heavy atom. The van der Waals surface area contributed by atoms with Gasteiger partial charge in [0.05, 0.1) is 11.5 Å². The van der Waals surface area contributed by atoms with Gasteiger partial charge in [0.2, 0.25) is 11.8 Å². The Morgan fingerprint density at radius 1 is 1.38 bits per heavy atom. The van der Waals surface area contributed by atoms with Gasteiger partial charge in [0.1, 0.15) is 0 Å². The first-order chi connectivity index (χ1) is 11.5. The van der Waals surface area contributed by atoms with Gasteiger partial charge >= 0.3 is 0 Å². The summed E-state index contributed by atoms with van der Waals surface area (Å²) >= 11 is 0. The lowest BCUT2D eigenvalue weighted by Gasteiger charge is -2.35. The van der Waals surface area contributed by atoms with Crippen LogP contribution >= 0.6 is 0 Å². The number of aryl methyl sites for hydroxylation is 1. The summed E-state index contributed by atoms with van der Waals surface area (Å²) in [7, 11) is 0. The molecule has 0 unspecified atom stereocenters. The van der Waals surface area contributed by atoms with Crippen molar-refractivity contribution in [2.45, 2.75) is 58.0 Å². The Morgan fingerprint density at radius 3 is 2.75 bits per heavy atom. The standard InChI is InChI=1S/C17H27N3O4/c1-3-17(4-6-23-7-5-17)16(22)18-10-13-8-12(9-14(13)21)15-19-11(2)20-24-15/h12-14,21H,3-10H2,1-2H3,(H,18,22)/t12-,13+,14+/m0/s1. The summed E-state index contributed by atoms with van der Waals surface area (Å²) in [6, 6.07) is 0. The molecular formula is C17H27N3O4. The minimum Gasteiger partial charge on any atom is -0.393 e. The summed E-state index contributed by atoms with van der Waals surface area (Å²) in [5.41, 5.74) is -0.315.